The molecule has 0 saturated carbocycles. The first-order valence-electron chi connectivity index (χ1n) is 6.86. The van der Waals surface area contributed by atoms with Gasteiger partial charge in [0.15, 0.2) is 0 Å². The first kappa shape index (κ1) is 15.7. The van der Waals surface area contributed by atoms with Gasteiger partial charge in [0.25, 0.3) is 5.56 Å². The zero-order chi connectivity index (χ0) is 16.3. The van der Waals surface area contributed by atoms with E-state index in [0.717, 1.165) is 4.57 Å². The second-order valence-electron chi connectivity index (χ2n) is 5.23. The highest BCUT2D eigenvalue weighted by Crippen LogP contribution is 2.09. The number of hydrogen-bond donors (Lipinski definition) is 2. The van der Waals surface area contributed by atoms with E-state index < -0.39 is 17.4 Å². The van der Waals surface area contributed by atoms with Crippen molar-refractivity contribution in [3.05, 3.63) is 40.9 Å². The first-order chi connectivity index (χ1) is 10.4. The molecule has 2 rings (SSSR count). The van der Waals surface area contributed by atoms with E-state index in [1.807, 2.05) is 0 Å². The molecule has 1 aromatic heterocycles. The van der Waals surface area contributed by atoms with Crippen molar-refractivity contribution in [2.75, 3.05) is 0 Å². The van der Waals surface area contributed by atoms with Crippen LogP contribution in [0.3, 0.4) is 0 Å². The van der Waals surface area contributed by atoms with Crippen LogP contribution in [0.25, 0.3) is 10.9 Å². The summed E-state index contributed by atoms with van der Waals surface area (Å²) in [5.41, 5.74) is -1.15. The maximum Gasteiger partial charge on any atom is 0.329 e. The van der Waals surface area contributed by atoms with Crippen LogP contribution in [-0.4, -0.2) is 32.1 Å². The largest absolute Gasteiger partial charge is 0.480 e. The predicted molar refractivity (Wildman–Crippen MR) is 80.5 cm³/mol. The highest BCUT2D eigenvalue weighted by molar-refractivity contribution is 5.86. The molecule has 0 spiro atoms. The Balaban J connectivity index is 2.24. The Labute approximate surface area is 126 Å². The Hall–Kier alpha value is -2.70. The molecule has 0 aliphatic rings. The summed E-state index contributed by atoms with van der Waals surface area (Å²) in [7, 11) is 0. The van der Waals surface area contributed by atoms with Crippen LogP contribution < -0.4 is 10.9 Å². The molecule has 2 aromatic rings. The smallest absolute Gasteiger partial charge is 0.329 e. The van der Waals surface area contributed by atoms with Crippen molar-refractivity contribution >= 4 is 22.8 Å². The lowest BCUT2D eigenvalue weighted by Gasteiger charge is -2.24. The minimum absolute atomic E-state index is 0.235. The fourth-order valence-electron chi connectivity index (χ4n) is 2.01. The summed E-state index contributed by atoms with van der Waals surface area (Å²) >= 11 is 0. The number of rotatable bonds is 5. The number of aliphatic carboxylic acids is 1. The maximum absolute atomic E-state index is 12.3. The normalized spacial score (nSPS) is 13.5. The molecule has 1 unspecified atom stereocenters. The summed E-state index contributed by atoms with van der Waals surface area (Å²) < 4.78 is 1.16. The molecule has 0 fully saturated rings. The quantitative estimate of drug-likeness (QED) is 0.849. The van der Waals surface area contributed by atoms with Gasteiger partial charge in [0.1, 0.15) is 12.1 Å². The molecular weight excluding hydrogens is 286 g/mol. The third-order valence-electron chi connectivity index (χ3n) is 3.64. The summed E-state index contributed by atoms with van der Waals surface area (Å²) in [6.45, 7) is 2.81. The predicted octanol–water partition coefficient (Wildman–Crippen LogP) is 0.766. The summed E-state index contributed by atoms with van der Waals surface area (Å²) in [6, 6.07) is 6.83. The number of nitrogens with one attached hydrogen (secondary N) is 1. The molecule has 0 aliphatic carbocycles. The number of carbonyl (C=O) groups excluding carboxylic acids is 1. The molecule has 2 N–H and O–H groups in total. The van der Waals surface area contributed by atoms with Gasteiger partial charge in [-0.05, 0) is 25.5 Å². The van der Waals surface area contributed by atoms with Crippen molar-refractivity contribution in [3.63, 3.8) is 0 Å². The van der Waals surface area contributed by atoms with E-state index in [4.69, 9.17) is 5.11 Å². The van der Waals surface area contributed by atoms with Gasteiger partial charge in [-0.25, -0.2) is 9.78 Å². The van der Waals surface area contributed by atoms with Crippen LogP contribution in [-0.2, 0) is 16.1 Å². The van der Waals surface area contributed by atoms with E-state index in [0.29, 0.717) is 10.9 Å². The highest BCUT2D eigenvalue weighted by Gasteiger charge is 2.32. The van der Waals surface area contributed by atoms with Crippen LogP contribution in [0.2, 0.25) is 0 Å². The third-order valence-corrected chi connectivity index (χ3v) is 3.64. The highest BCUT2D eigenvalue weighted by atomic mass is 16.4. The van der Waals surface area contributed by atoms with Crippen LogP contribution in [0.5, 0.6) is 0 Å². The van der Waals surface area contributed by atoms with E-state index in [-0.39, 0.29) is 18.5 Å². The number of carbonyl (C=O) groups is 2. The first-order valence-corrected chi connectivity index (χ1v) is 6.86. The minimum Gasteiger partial charge on any atom is -0.480 e. The Morgan fingerprint density at radius 1 is 1.36 bits per heavy atom. The maximum atomic E-state index is 12.3. The molecule has 1 atom stereocenters. The molecule has 7 nitrogen and oxygen atoms in total. The summed E-state index contributed by atoms with van der Waals surface area (Å²) in [5, 5.41) is 12.0. The Morgan fingerprint density at radius 3 is 2.68 bits per heavy atom. The molecule has 22 heavy (non-hydrogen) atoms. The number of para-hydroxylation sites is 1. The van der Waals surface area contributed by atoms with Gasteiger partial charge in [-0.3, -0.25) is 14.2 Å². The zero-order valence-corrected chi connectivity index (χ0v) is 12.4. The number of carboxylic acids is 1. The number of fused-ring (bicyclic) bond motifs is 1. The number of hydrogen-bond acceptors (Lipinski definition) is 4. The topological polar surface area (TPSA) is 101 Å². The lowest BCUT2D eigenvalue weighted by Crippen LogP contribution is -2.53. The van der Waals surface area contributed by atoms with E-state index in [2.05, 4.69) is 10.3 Å². The van der Waals surface area contributed by atoms with E-state index >= 15 is 0 Å². The van der Waals surface area contributed by atoms with Crippen molar-refractivity contribution in [1.82, 2.24) is 14.9 Å². The summed E-state index contributed by atoms with van der Waals surface area (Å²) in [6.07, 6.45) is 1.52. The van der Waals surface area contributed by atoms with E-state index in [1.165, 1.54) is 13.3 Å². The molecule has 116 valence electrons. The Kier molecular flexibility index (Phi) is 4.25. The van der Waals surface area contributed by atoms with Crippen molar-refractivity contribution < 1.29 is 14.7 Å². The number of amides is 1. The summed E-state index contributed by atoms with van der Waals surface area (Å²) in [4.78, 5) is 39.6. The number of nitrogens with zero attached hydrogens (tertiary/aromatic N) is 2. The lowest BCUT2D eigenvalue weighted by molar-refractivity contribution is -0.147. The molecule has 1 aromatic carbocycles. The molecule has 0 saturated heterocycles. The number of benzene rings is 1. The Morgan fingerprint density at radius 2 is 2.05 bits per heavy atom. The van der Waals surface area contributed by atoms with Crippen molar-refractivity contribution in [3.8, 4) is 0 Å². The molecule has 7 heteroatoms. The number of carboxylic acid groups (broad SMARTS) is 1. The molecule has 0 aliphatic heterocycles. The van der Waals surface area contributed by atoms with Gasteiger partial charge in [0, 0.05) is 0 Å². The minimum atomic E-state index is -1.36. The summed E-state index contributed by atoms with van der Waals surface area (Å²) in [5.74, 6) is -1.67. The molecular formula is C15H17N3O4. The SMILES string of the molecule is CCC(C)(NC(=O)Cn1cnc2ccccc2c1=O)C(=O)O. The van der Waals surface area contributed by atoms with Crippen LogP contribution in [0.4, 0.5) is 0 Å². The van der Waals surface area contributed by atoms with Crippen molar-refractivity contribution in [1.29, 1.82) is 0 Å². The Bertz CT molecular complexity index is 784. The van der Waals surface area contributed by atoms with Crippen LogP contribution in [0, 0.1) is 0 Å². The van der Waals surface area contributed by atoms with Gasteiger partial charge >= 0.3 is 5.97 Å². The molecule has 1 heterocycles. The second kappa shape index (κ2) is 5.97. The van der Waals surface area contributed by atoms with E-state index in [9.17, 15) is 14.4 Å². The monoisotopic (exact) mass is 303 g/mol. The fraction of sp³-hybridized carbons (Fsp3) is 0.333. The van der Waals surface area contributed by atoms with Crippen LogP contribution >= 0.6 is 0 Å². The number of aromatic nitrogens is 2. The lowest BCUT2D eigenvalue weighted by atomic mass is 9.99. The van der Waals surface area contributed by atoms with Crippen LogP contribution in [0.1, 0.15) is 20.3 Å². The molecule has 0 bridgehead atoms. The van der Waals surface area contributed by atoms with Gasteiger partial charge in [-0.2, -0.15) is 0 Å². The van der Waals surface area contributed by atoms with Gasteiger partial charge in [0.05, 0.1) is 17.2 Å². The second-order valence-corrected chi connectivity index (χ2v) is 5.23. The van der Waals surface area contributed by atoms with Gasteiger partial charge < -0.3 is 10.4 Å². The van der Waals surface area contributed by atoms with Crippen molar-refractivity contribution in [2.24, 2.45) is 0 Å². The average Bonchev–Trinajstić information content (AvgIpc) is 2.50. The molecule has 0 radical (unpaired) electrons. The standard InChI is InChI=1S/C15H17N3O4/c1-3-15(2,14(21)22)17-12(19)8-18-9-16-11-7-5-4-6-10(11)13(18)20/h4-7,9H,3,8H2,1-2H3,(H,17,19)(H,21,22). The average molecular weight is 303 g/mol. The third kappa shape index (κ3) is 2.98. The van der Waals surface area contributed by atoms with Gasteiger partial charge in [-0.15, -0.1) is 0 Å². The van der Waals surface area contributed by atoms with Gasteiger partial charge in [-0.1, -0.05) is 19.1 Å². The van der Waals surface area contributed by atoms with E-state index in [1.54, 1.807) is 31.2 Å². The van der Waals surface area contributed by atoms with Crippen molar-refractivity contribution in [2.45, 2.75) is 32.4 Å². The molecule has 1 amide bonds. The van der Waals surface area contributed by atoms with Gasteiger partial charge in [0.2, 0.25) is 5.91 Å². The fourth-order valence-corrected chi connectivity index (χ4v) is 2.01. The zero-order valence-electron chi connectivity index (χ0n) is 12.4. The van der Waals surface area contributed by atoms with Crippen LogP contribution in [0.15, 0.2) is 35.4 Å².